The van der Waals surface area contributed by atoms with Crippen LogP contribution in [0.25, 0.3) is 16.7 Å². The Balaban J connectivity index is 1.74. The van der Waals surface area contributed by atoms with Crippen LogP contribution >= 0.6 is 15.9 Å². The van der Waals surface area contributed by atoms with Gasteiger partial charge >= 0.3 is 6.36 Å². The van der Waals surface area contributed by atoms with E-state index in [2.05, 4.69) is 45.7 Å². The van der Waals surface area contributed by atoms with E-state index in [0.29, 0.717) is 38.4 Å². The molecule has 0 N–H and O–H groups in total. The second kappa shape index (κ2) is 8.62. The quantitative estimate of drug-likeness (QED) is 0.384. The molecule has 0 saturated carbocycles. The first-order chi connectivity index (χ1) is 15.7. The number of alkyl halides is 3. The summed E-state index contributed by atoms with van der Waals surface area (Å²) >= 11 is 3.25. The number of aromatic nitrogens is 6. The van der Waals surface area contributed by atoms with E-state index in [9.17, 15) is 13.2 Å². The summed E-state index contributed by atoms with van der Waals surface area (Å²) in [6.07, 6.45) is -0.730. The Morgan fingerprint density at radius 1 is 1.15 bits per heavy atom. The van der Waals surface area contributed by atoms with Gasteiger partial charge in [0.05, 0.1) is 17.1 Å². The number of benzene rings is 1. The zero-order valence-electron chi connectivity index (χ0n) is 17.1. The molecule has 0 bridgehead atoms. The van der Waals surface area contributed by atoms with Crippen LogP contribution in [-0.4, -0.2) is 43.1 Å². The van der Waals surface area contributed by atoms with Gasteiger partial charge in [0.1, 0.15) is 30.3 Å². The molecule has 0 spiro atoms. The molecule has 13 heteroatoms. The van der Waals surface area contributed by atoms with Gasteiger partial charge in [0, 0.05) is 23.1 Å². The number of pyridine rings is 1. The van der Waals surface area contributed by atoms with Crippen molar-refractivity contribution in [3.63, 3.8) is 0 Å². The van der Waals surface area contributed by atoms with Gasteiger partial charge in [-0.05, 0) is 47.1 Å². The Morgan fingerprint density at radius 2 is 1.94 bits per heavy atom. The van der Waals surface area contributed by atoms with Gasteiger partial charge in [-0.2, -0.15) is 15.0 Å². The van der Waals surface area contributed by atoms with Crippen LogP contribution in [0.4, 0.5) is 19.0 Å². The van der Waals surface area contributed by atoms with Crippen molar-refractivity contribution in [1.82, 2.24) is 29.7 Å². The molecule has 33 heavy (non-hydrogen) atoms. The topological polar surface area (TPSA) is 106 Å². The molecule has 0 saturated heterocycles. The van der Waals surface area contributed by atoms with Gasteiger partial charge in [-0.15, -0.1) is 13.2 Å². The van der Waals surface area contributed by atoms with E-state index >= 15 is 0 Å². The second-order valence-electron chi connectivity index (χ2n) is 6.88. The second-order valence-corrected chi connectivity index (χ2v) is 7.73. The van der Waals surface area contributed by atoms with Crippen LogP contribution in [0.5, 0.6) is 5.75 Å². The number of rotatable bonds is 5. The highest BCUT2D eigenvalue weighted by atomic mass is 79.9. The molecule has 3 heterocycles. The Labute approximate surface area is 193 Å². The molecular formula is C20H14BrF3N8O. The van der Waals surface area contributed by atoms with Gasteiger partial charge in [0.2, 0.25) is 0 Å². The molecule has 1 aromatic carbocycles. The summed E-state index contributed by atoms with van der Waals surface area (Å²) in [7, 11) is 1.73. The van der Waals surface area contributed by atoms with Crippen molar-refractivity contribution >= 4 is 32.7 Å². The predicted octanol–water partition coefficient (Wildman–Crippen LogP) is 4.34. The standard InChI is InChI=1S/C20H14BrF3N8O/c1-11(18-29-10-30-32(18)16-4-3-12(7-25)8-26-16)31(2)19-14-5-13(33-20(22,23)24)6-15(21)17(14)27-9-28-19/h3-6,8-11H,1-2H3. The summed E-state index contributed by atoms with van der Waals surface area (Å²) in [5, 5.41) is 13.5. The van der Waals surface area contributed by atoms with E-state index in [4.69, 9.17) is 5.26 Å². The summed E-state index contributed by atoms with van der Waals surface area (Å²) in [4.78, 5) is 18.8. The third-order valence-electron chi connectivity index (χ3n) is 4.84. The Hall–Kier alpha value is -3.79. The van der Waals surface area contributed by atoms with E-state index in [1.54, 1.807) is 24.1 Å². The molecule has 0 aliphatic carbocycles. The average Bonchev–Trinajstić information content (AvgIpc) is 3.26. The van der Waals surface area contributed by atoms with Crippen molar-refractivity contribution in [2.75, 3.05) is 11.9 Å². The number of fused-ring (bicyclic) bond motifs is 1. The smallest absolute Gasteiger partial charge is 0.406 e. The average molecular weight is 519 g/mol. The molecule has 0 fully saturated rings. The zero-order chi connectivity index (χ0) is 23.8. The van der Waals surface area contributed by atoms with Crippen LogP contribution in [0.3, 0.4) is 0 Å². The van der Waals surface area contributed by atoms with Gasteiger partial charge in [0.15, 0.2) is 11.6 Å². The number of nitriles is 1. The highest BCUT2D eigenvalue weighted by molar-refractivity contribution is 9.10. The van der Waals surface area contributed by atoms with E-state index in [1.807, 2.05) is 13.0 Å². The first-order valence-corrected chi connectivity index (χ1v) is 10.2. The van der Waals surface area contributed by atoms with E-state index in [1.165, 1.54) is 35.7 Å². The maximum absolute atomic E-state index is 12.8. The van der Waals surface area contributed by atoms with E-state index in [-0.39, 0.29) is 0 Å². The summed E-state index contributed by atoms with van der Waals surface area (Å²) < 4.78 is 44.3. The third kappa shape index (κ3) is 4.56. The molecule has 9 nitrogen and oxygen atoms in total. The van der Waals surface area contributed by atoms with Gasteiger partial charge in [-0.25, -0.2) is 19.9 Å². The van der Waals surface area contributed by atoms with Crippen molar-refractivity contribution in [2.24, 2.45) is 0 Å². The lowest BCUT2D eigenvalue weighted by Gasteiger charge is -2.26. The number of halogens is 4. The molecular weight excluding hydrogens is 505 g/mol. The molecule has 1 atom stereocenters. The molecule has 0 aliphatic heterocycles. The van der Waals surface area contributed by atoms with Crippen LogP contribution in [0, 0.1) is 11.3 Å². The highest BCUT2D eigenvalue weighted by Gasteiger charge is 2.32. The fourth-order valence-corrected chi connectivity index (χ4v) is 3.75. The first kappa shape index (κ1) is 22.4. The Bertz CT molecular complexity index is 1350. The lowest BCUT2D eigenvalue weighted by Crippen LogP contribution is -2.26. The van der Waals surface area contributed by atoms with Gasteiger partial charge in [-0.3, -0.25) is 0 Å². The summed E-state index contributed by atoms with van der Waals surface area (Å²) in [6, 6.07) is 7.26. The van der Waals surface area contributed by atoms with E-state index < -0.39 is 18.2 Å². The number of anilines is 1. The Kier molecular flexibility index (Phi) is 5.86. The molecule has 4 rings (SSSR count). The minimum atomic E-state index is -4.84. The van der Waals surface area contributed by atoms with Crippen LogP contribution in [0.1, 0.15) is 24.4 Å². The van der Waals surface area contributed by atoms with Crippen LogP contribution < -0.4 is 9.64 Å². The molecule has 168 valence electrons. The van der Waals surface area contributed by atoms with E-state index in [0.717, 1.165) is 0 Å². The SMILES string of the molecule is CC(c1ncnn1-c1ccc(C#N)cn1)N(C)c1ncnc2c(Br)cc(OC(F)(F)F)cc12. The fraction of sp³-hybridized carbons (Fsp3) is 0.200. The molecule has 4 aromatic rings. The normalized spacial score (nSPS) is 12.4. The molecule has 0 amide bonds. The van der Waals surface area contributed by atoms with Gasteiger partial charge in [-0.1, -0.05) is 0 Å². The van der Waals surface area contributed by atoms with Crippen molar-refractivity contribution in [2.45, 2.75) is 19.3 Å². The maximum Gasteiger partial charge on any atom is 0.573 e. The zero-order valence-corrected chi connectivity index (χ0v) is 18.7. The number of ether oxygens (including phenoxy) is 1. The monoisotopic (exact) mass is 518 g/mol. The summed E-state index contributed by atoms with van der Waals surface area (Å²) in [6.45, 7) is 1.84. The lowest BCUT2D eigenvalue weighted by molar-refractivity contribution is -0.274. The molecule has 0 radical (unpaired) electrons. The number of hydrogen-bond donors (Lipinski definition) is 0. The summed E-state index contributed by atoms with van der Waals surface area (Å²) in [5.74, 6) is 0.924. The maximum atomic E-state index is 12.8. The van der Waals surface area contributed by atoms with Crippen LogP contribution in [-0.2, 0) is 0 Å². The van der Waals surface area contributed by atoms with Crippen molar-refractivity contribution in [1.29, 1.82) is 5.26 Å². The van der Waals surface area contributed by atoms with Crippen molar-refractivity contribution in [3.8, 4) is 17.6 Å². The predicted molar refractivity (Wildman–Crippen MR) is 115 cm³/mol. The first-order valence-electron chi connectivity index (χ1n) is 9.37. The minimum absolute atomic E-state index is 0.328. The minimum Gasteiger partial charge on any atom is -0.406 e. The lowest BCUT2D eigenvalue weighted by atomic mass is 10.2. The third-order valence-corrected chi connectivity index (χ3v) is 5.44. The van der Waals surface area contributed by atoms with Crippen LogP contribution in [0.15, 0.2) is 47.6 Å². The van der Waals surface area contributed by atoms with Crippen molar-refractivity contribution in [3.05, 3.63) is 59.0 Å². The molecule has 3 aromatic heterocycles. The van der Waals surface area contributed by atoms with Crippen molar-refractivity contribution < 1.29 is 17.9 Å². The van der Waals surface area contributed by atoms with Gasteiger partial charge < -0.3 is 9.64 Å². The fourth-order valence-electron chi connectivity index (χ4n) is 3.21. The summed E-state index contributed by atoms with van der Waals surface area (Å²) in [5.41, 5.74) is 0.823. The van der Waals surface area contributed by atoms with Crippen LogP contribution in [0.2, 0.25) is 0 Å². The number of nitrogens with zero attached hydrogens (tertiary/aromatic N) is 8. The Morgan fingerprint density at radius 3 is 2.61 bits per heavy atom. The van der Waals surface area contributed by atoms with Gasteiger partial charge in [0.25, 0.3) is 0 Å². The largest absolute Gasteiger partial charge is 0.573 e. The number of hydrogen-bond acceptors (Lipinski definition) is 8. The molecule has 1 unspecified atom stereocenters. The molecule has 0 aliphatic rings. The highest BCUT2D eigenvalue weighted by Crippen LogP contribution is 2.36.